The van der Waals surface area contributed by atoms with Crippen LogP contribution < -0.4 is 10.1 Å². The first-order chi connectivity index (χ1) is 13.7. The molecule has 1 amide bonds. The fourth-order valence-electron chi connectivity index (χ4n) is 2.72. The summed E-state index contributed by atoms with van der Waals surface area (Å²) in [7, 11) is 0. The van der Waals surface area contributed by atoms with Crippen molar-refractivity contribution in [3.63, 3.8) is 0 Å². The molecule has 0 aliphatic rings. The summed E-state index contributed by atoms with van der Waals surface area (Å²) in [4.78, 5) is 16.7. The Labute approximate surface area is 171 Å². The predicted molar refractivity (Wildman–Crippen MR) is 117 cm³/mol. The largest absolute Gasteiger partial charge is 0.492 e. The molecule has 0 spiro atoms. The number of aromatic nitrogens is 2. The summed E-state index contributed by atoms with van der Waals surface area (Å²) in [5.74, 6) is 1.66. The van der Waals surface area contributed by atoms with Gasteiger partial charge in [0.05, 0.1) is 17.6 Å². The number of hydrogen-bond donors (Lipinski definition) is 1. The Morgan fingerprint density at radius 2 is 1.86 bits per heavy atom. The normalized spacial score (nSPS) is 10.3. The molecule has 0 unspecified atom stereocenters. The van der Waals surface area contributed by atoms with E-state index < -0.39 is 0 Å². The number of carbonyl (C=O) groups excluding carboxylic acids is 1. The number of likely N-dealkylation sites (N-methyl/N-ethyl adjacent to an activating group) is 1. The highest BCUT2D eigenvalue weighted by atomic mass is 32.2. The van der Waals surface area contributed by atoms with Crippen LogP contribution in [0, 0.1) is 6.92 Å². The van der Waals surface area contributed by atoms with Crippen molar-refractivity contribution in [2.24, 2.45) is 0 Å². The van der Waals surface area contributed by atoms with Crippen LogP contribution in [0.2, 0.25) is 0 Å². The Bertz CT molecular complexity index is 892. The monoisotopic (exact) mass is 399 g/mol. The van der Waals surface area contributed by atoms with E-state index in [1.807, 2.05) is 80.8 Å². The third kappa shape index (κ3) is 5.76. The lowest BCUT2D eigenvalue weighted by molar-refractivity contribution is -0.121. The third-order valence-electron chi connectivity index (χ3n) is 3.96. The van der Waals surface area contributed by atoms with Gasteiger partial charge in [0.25, 0.3) is 0 Å². The average molecular weight is 400 g/mol. The number of nitrogens with zero attached hydrogens (tertiary/aromatic N) is 2. The second kappa shape index (κ2) is 11.4. The maximum Gasteiger partial charge on any atom is 0.240 e. The fourth-order valence-corrected chi connectivity index (χ4v) is 3.55. The summed E-state index contributed by atoms with van der Waals surface area (Å²) in [5.41, 5.74) is 3.00. The van der Waals surface area contributed by atoms with E-state index in [9.17, 15) is 4.79 Å². The van der Waals surface area contributed by atoms with Crippen LogP contribution in [0.5, 0.6) is 5.75 Å². The molecule has 0 bridgehead atoms. The van der Waals surface area contributed by atoms with Crippen LogP contribution in [0.3, 0.4) is 0 Å². The first-order valence-electron chi connectivity index (χ1n) is 9.72. The zero-order valence-electron chi connectivity index (χ0n) is 17.1. The van der Waals surface area contributed by atoms with Gasteiger partial charge in [-0.3, -0.25) is 4.79 Å². The molecular weight excluding hydrogens is 370 g/mol. The van der Waals surface area contributed by atoms with Gasteiger partial charge in [-0.2, -0.15) is 0 Å². The Kier molecular flexibility index (Phi) is 8.88. The van der Waals surface area contributed by atoms with Crippen molar-refractivity contribution in [3.05, 3.63) is 54.1 Å². The Morgan fingerprint density at radius 1 is 1.14 bits per heavy atom. The van der Waals surface area contributed by atoms with Gasteiger partial charge in [0.15, 0.2) is 5.16 Å². The highest BCUT2D eigenvalue weighted by Crippen LogP contribution is 2.24. The summed E-state index contributed by atoms with van der Waals surface area (Å²) < 4.78 is 7.83. The van der Waals surface area contributed by atoms with E-state index in [0.29, 0.717) is 13.2 Å². The standard InChI is InChI=1S/C20H23N3O2S.C2H6/c1-3-21-19(24)14-23-17-10-6-5-9-16(17)22-20(23)26-13-12-25-18-11-7-4-8-15(18)2;1-2/h4-11H,3,12-14H2,1-2H3,(H,21,24);1-2H3. The molecule has 28 heavy (non-hydrogen) atoms. The van der Waals surface area contributed by atoms with Crippen molar-refractivity contribution in [3.8, 4) is 5.75 Å². The van der Waals surface area contributed by atoms with E-state index in [4.69, 9.17) is 4.74 Å². The van der Waals surface area contributed by atoms with Crippen LogP contribution in [0.25, 0.3) is 11.0 Å². The molecule has 1 N–H and O–H groups in total. The van der Waals surface area contributed by atoms with Gasteiger partial charge in [-0.1, -0.05) is 55.9 Å². The van der Waals surface area contributed by atoms with E-state index >= 15 is 0 Å². The molecular formula is C22H29N3O2S. The quantitative estimate of drug-likeness (QED) is 0.441. The molecule has 5 nitrogen and oxygen atoms in total. The molecule has 1 aromatic heterocycles. The zero-order valence-corrected chi connectivity index (χ0v) is 17.9. The lowest BCUT2D eigenvalue weighted by atomic mass is 10.2. The molecule has 6 heteroatoms. The summed E-state index contributed by atoms with van der Waals surface area (Å²) in [6.45, 7) is 9.43. The topological polar surface area (TPSA) is 56.2 Å². The van der Waals surface area contributed by atoms with Gasteiger partial charge >= 0.3 is 0 Å². The van der Waals surface area contributed by atoms with Crippen molar-refractivity contribution in [1.29, 1.82) is 0 Å². The number of ether oxygens (including phenoxy) is 1. The highest BCUT2D eigenvalue weighted by Gasteiger charge is 2.13. The molecule has 0 aliphatic carbocycles. The first-order valence-corrected chi connectivity index (χ1v) is 10.7. The molecule has 3 aromatic rings. The number of fused-ring (bicyclic) bond motifs is 1. The second-order valence-electron chi connectivity index (χ2n) is 5.89. The maximum absolute atomic E-state index is 12.1. The van der Waals surface area contributed by atoms with Crippen LogP contribution in [0.1, 0.15) is 26.3 Å². The molecule has 0 saturated carbocycles. The summed E-state index contributed by atoms with van der Waals surface area (Å²) in [6, 6.07) is 15.9. The molecule has 1 heterocycles. The van der Waals surface area contributed by atoms with E-state index in [0.717, 1.165) is 33.3 Å². The summed E-state index contributed by atoms with van der Waals surface area (Å²) >= 11 is 1.60. The van der Waals surface area contributed by atoms with E-state index in [2.05, 4.69) is 10.3 Å². The van der Waals surface area contributed by atoms with Crippen LogP contribution in [0.4, 0.5) is 0 Å². The smallest absolute Gasteiger partial charge is 0.240 e. The van der Waals surface area contributed by atoms with Crippen LogP contribution >= 0.6 is 11.8 Å². The van der Waals surface area contributed by atoms with E-state index in [-0.39, 0.29) is 12.5 Å². The lowest BCUT2D eigenvalue weighted by Crippen LogP contribution is -2.27. The Balaban J connectivity index is 0.00000136. The minimum atomic E-state index is -0.00587. The number of nitrogens with one attached hydrogen (secondary N) is 1. The van der Waals surface area contributed by atoms with Crippen LogP contribution in [-0.2, 0) is 11.3 Å². The average Bonchev–Trinajstić information content (AvgIpc) is 3.06. The van der Waals surface area contributed by atoms with Crippen LogP contribution in [-0.4, -0.2) is 34.4 Å². The minimum Gasteiger partial charge on any atom is -0.492 e. The molecule has 0 aliphatic heterocycles. The predicted octanol–water partition coefficient (Wildman–Crippen LogP) is 4.68. The number of rotatable bonds is 8. The van der Waals surface area contributed by atoms with Crippen molar-refractivity contribution < 1.29 is 9.53 Å². The second-order valence-corrected chi connectivity index (χ2v) is 6.95. The molecule has 0 saturated heterocycles. The van der Waals surface area contributed by atoms with Gasteiger partial charge in [0.1, 0.15) is 12.3 Å². The highest BCUT2D eigenvalue weighted by molar-refractivity contribution is 7.99. The molecule has 0 atom stereocenters. The summed E-state index contributed by atoms with van der Waals surface area (Å²) in [6.07, 6.45) is 0. The van der Waals surface area contributed by atoms with Gasteiger partial charge in [0.2, 0.25) is 5.91 Å². The third-order valence-corrected chi connectivity index (χ3v) is 4.90. The van der Waals surface area contributed by atoms with Gasteiger partial charge in [-0.15, -0.1) is 0 Å². The van der Waals surface area contributed by atoms with Crippen LogP contribution in [0.15, 0.2) is 53.7 Å². The number of benzene rings is 2. The molecule has 0 fully saturated rings. The van der Waals surface area contributed by atoms with Crippen molar-refractivity contribution in [2.45, 2.75) is 39.4 Å². The number of imidazole rings is 1. The number of para-hydroxylation sites is 3. The van der Waals surface area contributed by atoms with Crippen molar-refractivity contribution in [2.75, 3.05) is 18.9 Å². The van der Waals surface area contributed by atoms with Gasteiger partial charge in [-0.25, -0.2) is 4.98 Å². The summed E-state index contributed by atoms with van der Waals surface area (Å²) in [5, 5.41) is 3.69. The number of thioether (sulfide) groups is 1. The van der Waals surface area contributed by atoms with E-state index in [1.165, 1.54) is 0 Å². The van der Waals surface area contributed by atoms with E-state index in [1.54, 1.807) is 11.8 Å². The number of amides is 1. The van der Waals surface area contributed by atoms with Gasteiger partial charge in [-0.05, 0) is 37.6 Å². The molecule has 150 valence electrons. The van der Waals surface area contributed by atoms with Gasteiger partial charge < -0.3 is 14.6 Å². The number of aryl methyl sites for hydroxylation is 1. The first kappa shape index (κ1) is 21.8. The SMILES string of the molecule is CC.CCNC(=O)Cn1c(SCCOc2ccccc2C)nc2ccccc21. The minimum absolute atomic E-state index is 0.00587. The van der Waals surface area contributed by atoms with Gasteiger partial charge in [0, 0.05) is 12.3 Å². The molecule has 2 aromatic carbocycles. The number of carbonyl (C=O) groups is 1. The number of hydrogen-bond acceptors (Lipinski definition) is 4. The Hall–Kier alpha value is -2.47. The lowest BCUT2D eigenvalue weighted by Gasteiger charge is -2.10. The zero-order chi connectivity index (χ0) is 20.4. The Morgan fingerprint density at radius 3 is 2.61 bits per heavy atom. The molecule has 3 rings (SSSR count). The molecule has 0 radical (unpaired) electrons. The fraction of sp³-hybridized carbons (Fsp3) is 0.364. The maximum atomic E-state index is 12.1. The van der Waals surface area contributed by atoms with Crippen molar-refractivity contribution >= 4 is 28.7 Å². The van der Waals surface area contributed by atoms with Crippen molar-refractivity contribution in [1.82, 2.24) is 14.9 Å².